The molecule has 0 radical (unpaired) electrons. The lowest BCUT2D eigenvalue weighted by Crippen LogP contribution is -2.17. The van der Waals surface area contributed by atoms with Crippen molar-refractivity contribution in [1.82, 2.24) is 3.97 Å². The summed E-state index contributed by atoms with van der Waals surface area (Å²) in [6.45, 7) is 0. The van der Waals surface area contributed by atoms with E-state index in [-0.39, 0.29) is 10.7 Å². The van der Waals surface area contributed by atoms with E-state index in [9.17, 15) is 13.2 Å². The van der Waals surface area contributed by atoms with Gasteiger partial charge in [-0.05, 0) is 65.3 Å². The van der Waals surface area contributed by atoms with Crippen molar-refractivity contribution in [2.24, 2.45) is 0 Å². The van der Waals surface area contributed by atoms with Crippen LogP contribution in [0.5, 0.6) is 0 Å². The molecule has 1 aliphatic carbocycles. The fourth-order valence-electron chi connectivity index (χ4n) is 3.37. The molecule has 0 unspecified atom stereocenters. The molecule has 3 aromatic rings. The molecule has 1 aromatic heterocycles. The van der Waals surface area contributed by atoms with Gasteiger partial charge in [0, 0.05) is 15.4 Å². The van der Waals surface area contributed by atoms with Gasteiger partial charge in [-0.2, -0.15) is 0 Å². The largest absolute Gasteiger partial charge is 0.295 e. The Balaban J connectivity index is 2.09. The second kappa shape index (κ2) is 6.66. The third-order valence-corrected chi connectivity index (χ3v) is 7.38. The highest BCUT2D eigenvalue weighted by molar-refractivity contribution is 14.1. The van der Waals surface area contributed by atoms with Crippen molar-refractivity contribution in [1.29, 1.82) is 0 Å². The average Bonchev–Trinajstić information content (AvgIpc) is 2.96. The van der Waals surface area contributed by atoms with Crippen LogP contribution in [0.2, 0.25) is 0 Å². The van der Waals surface area contributed by atoms with Crippen LogP contribution < -0.4 is 0 Å². The second-order valence-electron chi connectivity index (χ2n) is 6.25. The molecule has 0 atom stereocenters. The predicted octanol–water partition coefficient (Wildman–Crippen LogP) is 4.62. The fraction of sp³-hybridized carbons (Fsp3) is 0.150. The number of para-hydroxylation sites is 1. The van der Waals surface area contributed by atoms with Crippen LogP contribution in [0.25, 0.3) is 16.5 Å². The minimum Gasteiger partial charge on any atom is -0.295 e. The maximum absolute atomic E-state index is 13.5. The third kappa shape index (κ3) is 2.81. The lowest BCUT2D eigenvalue weighted by atomic mass is 9.96. The van der Waals surface area contributed by atoms with Gasteiger partial charge in [0.05, 0.1) is 16.1 Å². The predicted molar refractivity (Wildman–Crippen MR) is 111 cm³/mol. The molecular formula is C20H16INO3S. The first kappa shape index (κ1) is 17.5. The van der Waals surface area contributed by atoms with Gasteiger partial charge in [0.15, 0.2) is 5.78 Å². The molecule has 26 heavy (non-hydrogen) atoms. The maximum atomic E-state index is 13.5. The van der Waals surface area contributed by atoms with Crippen LogP contribution >= 0.6 is 22.6 Å². The van der Waals surface area contributed by atoms with Crippen molar-refractivity contribution in [3.05, 3.63) is 69.9 Å². The van der Waals surface area contributed by atoms with Crippen LogP contribution in [0.1, 0.15) is 25.0 Å². The molecule has 6 heteroatoms. The molecule has 0 saturated carbocycles. The van der Waals surface area contributed by atoms with Gasteiger partial charge in [0.2, 0.25) is 0 Å². The average molecular weight is 477 g/mol. The van der Waals surface area contributed by atoms with Crippen LogP contribution in [0.15, 0.2) is 65.6 Å². The first-order chi connectivity index (χ1) is 12.5. The van der Waals surface area contributed by atoms with Crippen molar-refractivity contribution in [3.8, 4) is 0 Å². The zero-order valence-electron chi connectivity index (χ0n) is 13.9. The quantitative estimate of drug-likeness (QED) is 0.518. The Kier molecular flexibility index (Phi) is 4.48. The van der Waals surface area contributed by atoms with E-state index in [1.165, 1.54) is 3.97 Å². The Hall–Kier alpha value is -1.93. The highest BCUT2D eigenvalue weighted by Crippen LogP contribution is 2.38. The van der Waals surface area contributed by atoms with E-state index in [1.54, 1.807) is 36.4 Å². The van der Waals surface area contributed by atoms with Crippen molar-refractivity contribution in [2.45, 2.75) is 24.2 Å². The highest BCUT2D eigenvalue weighted by atomic mass is 127. The summed E-state index contributed by atoms with van der Waals surface area (Å²) < 4.78 is 29.2. The number of fused-ring (bicyclic) bond motifs is 1. The summed E-state index contributed by atoms with van der Waals surface area (Å²) in [5, 5.41) is 0.876. The monoisotopic (exact) mass is 477 g/mol. The lowest BCUT2D eigenvalue weighted by Gasteiger charge is -2.17. The zero-order chi connectivity index (χ0) is 18.3. The summed E-state index contributed by atoms with van der Waals surface area (Å²) in [6.07, 6.45) is 3.57. The number of ketones is 1. The Labute approximate surface area is 165 Å². The number of aromatic nitrogens is 1. The smallest absolute Gasteiger partial charge is 0.268 e. The summed E-state index contributed by atoms with van der Waals surface area (Å²) >= 11 is 2.19. The minimum atomic E-state index is -3.78. The second-order valence-corrected chi connectivity index (χ2v) is 9.12. The summed E-state index contributed by atoms with van der Waals surface area (Å²) in [7, 11) is -3.78. The first-order valence-corrected chi connectivity index (χ1v) is 10.9. The molecule has 0 saturated heterocycles. The van der Waals surface area contributed by atoms with E-state index in [0.717, 1.165) is 21.0 Å². The standard InChI is InChI=1S/C20H16INO3S/c21-19-17-11-4-5-12-18(17)22(20(19)14-7-6-8-15(23)13-14)26(24,25)16-9-2-1-3-10-16/h1-5,9-13H,6-8H2. The van der Waals surface area contributed by atoms with Gasteiger partial charge in [-0.15, -0.1) is 0 Å². The molecule has 132 valence electrons. The number of hydrogen-bond donors (Lipinski definition) is 0. The summed E-state index contributed by atoms with van der Waals surface area (Å²) in [4.78, 5) is 12.2. The lowest BCUT2D eigenvalue weighted by molar-refractivity contribution is -0.114. The number of nitrogens with zero attached hydrogens (tertiary/aromatic N) is 1. The molecule has 0 aliphatic heterocycles. The van der Waals surface area contributed by atoms with Crippen LogP contribution in [-0.4, -0.2) is 18.2 Å². The van der Waals surface area contributed by atoms with Crippen molar-refractivity contribution in [2.75, 3.05) is 0 Å². The van der Waals surface area contributed by atoms with E-state index in [4.69, 9.17) is 0 Å². The minimum absolute atomic E-state index is 0.0518. The molecular weight excluding hydrogens is 461 g/mol. The van der Waals surface area contributed by atoms with Crippen molar-refractivity contribution in [3.63, 3.8) is 0 Å². The maximum Gasteiger partial charge on any atom is 0.268 e. The SMILES string of the molecule is O=C1C=C(c2c(I)c3ccccc3n2S(=O)(=O)c2ccccc2)CCC1. The fourth-order valence-corrected chi connectivity index (χ4v) is 6.16. The molecule has 0 fully saturated rings. The Morgan fingerprint density at radius 1 is 0.923 bits per heavy atom. The van der Waals surface area contributed by atoms with E-state index in [0.29, 0.717) is 24.1 Å². The topological polar surface area (TPSA) is 56.1 Å². The molecule has 4 rings (SSSR count). The number of carbonyl (C=O) groups is 1. The van der Waals surface area contributed by atoms with Gasteiger partial charge < -0.3 is 0 Å². The molecule has 0 amide bonds. The summed E-state index contributed by atoms with van der Waals surface area (Å²) in [5.74, 6) is 0.0518. The number of halogens is 1. The third-order valence-electron chi connectivity index (χ3n) is 4.56. The normalized spacial score (nSPS) is 15.3. The van der Waals surface area contributed by atoms with Crippen LogP contribution in [0.3, 0.4) is 0 Å². The molecule has 0 spiro atoms. The van der Waals surface area contributed by atoms with E-state index < -0.39 is 10.0 Å². The van der Waals surface area contributed by atoms with Crippen molar-refractivity contribution < 1.29 is 13.2 Å². The van der Waals surface area contributed by atoms with Crippen LogP contribution in [0.4, 0.5) is 0 Å². The Morgan fingerprint density at radius 3 is 2.35 bits per heavy atom. The van der Waals surface area contributed by atoms with Crippen molar-refractivity contribution >= 4 is 54.9 Å². The molecule has 2 aromatic carbocycles. The van der Waals surface area contributed by atoms with E-state index in [1.807, 2.05) is 24.3 Å². The first-order valence-electron chi connectivity index (χ1n) is 8.33. The van der Waals surface area contributed by atoms with Gasteiger partial charge in [-0.1, -0.05) is 36.4 Å². The van der Waals surface area contributed by atoms with Gasteiger partial charge in [0.25, 0.3) is 10.0 Å². The highest BCUT2D eigenvalue weighted by Gasteiger charge is 2.28. The van der Waals surface area contributed by atoms with Gasteiger partial charge >= 0.3 is 0 Å². The van der Waals surface area contributed by atoms with Crippen LogP contribution in [0, 0.1) is 3.57 Å². The molecule has 0 N–H and O–H groups in total. The van der Waals surface area contributed by atoms with Gasteiger partial charge in [-0.25, -0.2) is 12.4 Å². The van der Waals surface area contributed by atoms with E-state index >= 15 is 0 Å². The van der Waals surface area contributed by atoms with Gasteiger partial charge in [0.1, 0.15) is 0 Å². The summed E-state index contributed by atoms with van der Waals surface area (Å²) in [5.41, 5.74) is 2.04. The number of benzene rings is 2. The Bertz CT molecular complexity index is 1140. The van der Waals surface area contributed by atoms with Crippen LogP contribution in [-0.2, 0) is 14.8 Å². The number of allylic oxidation sites excluding steroid dienone is 2. The number of rotatable bonds is 3. The number of hydrogen-bond acceptors (Lipinski definition) is 3. The van der Waals surface area contributed by atoms with Gasteiger partial charge in [-0.3, -0.25) is 4.79 Å². The number of carbonyl (C=O) groups excluding carboxylic acids is 1. The van der Waals surface area contributed by atoms with E-state index in [2.05, 4.69) is 22.6 Å². The molecule has 4 nitrogen and oxygen atoms in total. The molecule has 1 heterocycles. The molecule has 1 aliphatic rings. The zero-order valence-corrected chi connectivity index (χ0v) is 16.8. The summed E-state index contributed by atoms with van der Waals surface area (Å²) in [6, 6.07) is 15.9. The Morgan fingerprint density at radius 2 is 1.62 bits per heavy atom. The molecule has 0 bridgehead atoms.